The average Bonchev–Trinajstić information content (AvgIpc) is 3.16. The summed E-state index contributed by atoms with van der Waals surface area (Å²) in [6.07, 6.45) is -2.49. The summed E-state index contributed by atoms with van der Waals surface area (Å²) < 4.78 is 27.9. The topological polar surface area (TPSA) is 265 Å². The number of anilines is 1. The van der Waals surface area contributed by atoms with Gasteiger partial charge in [0.25, 0.3) is 5.91 Å². The fraction of sp³-hybridized carbons (Fsp3) is 0.500. The minimum Gasteiger partial charge on any atom is -0.505 e. The van der Waals surface area contributed by atoms with Crippen LogP contribution in [0.25, 0.3) is 5.57 Å². The maximum Gasteiger partial charge on any atom is 0.315 e. The van der Waals surface area contributed by atoms with E-state index in [-0.39, 0.29) is 61.9 Å². The summed E-state index contributed by atoms with van der Waals surface area (Å²) >= 11 is 0. The Bertz CT molecular complexity index is 2090. The molecule has 4 aliphatic rings. The Morgan fingerprint density at radius 2 is 1.46 bits per heavy atom. The SMILES string of the molecule is COC(=O)[C@H]1[C@H](O)[C@@H](C)[C@H](O)[C@](C)(O)C=CC=C(C)C(=O)Nc2c(C)c(OC(C)=O)c3c(c2O)C(=O)C(C)=C2OCOC(=C23)C(C)=C[C@](C)(O)[C@H](O)[C@H](C)[C@H]1OC(C)=O. The number of Topliss-reactive ketones (excluding diaryl/α,β-unsaturated/α-hetero) is 1. The number of phenolic OH excluding ortho intramolecular Hbond substituents is 1. The number of fused-ring (bicyclic) bond motifs is 14. The summed E-state index contributed by atoms with van der Waals surface area (Å²) in [5, 5.41) is 72.5. The van der Waals surface area contributed by atoms with Gasteiger partial charge in [-0.2, -0.15) is 0 Å². The number of nitrogens with one attached hydrogen (secondary N) is 1. The van der Waals surface area contributed by atoms with Crippen LogP contribution < -0.4 is 10.1 Å². The molecular weight excluding hydrogens is 774 g/mol. The summed E-state index contributed by atoms with van der Waals surface area (Å²) in [7, 11) is 1.01. The predicted molar refractivity (Wildman–Crippen MR) is 209 cm³/mol. The van der Waals surface area contributed by atoms with E-state index < -0.39 is 95.5 Å². The first-order valence-electron chi connectivity index (χ1n) is 18.8. The molecular formula is C42H53NO16. The molecule has 1 aliphatic carbocycles. The maximum atomic E-state index is 14.0. The molecule has 0 spiro atoms. The van der Waals surface area contributed by atoms with Gasteiger partial charge in [0.1, 0.15) is 40.5 Å². The zero-order chi connectivity index (χ0) is 44.6. The molecule has 9 atom stereocenters. The number of aliphatic hydroxyl groups is 5. The van der Waals surface area contributed by atoms with Gasteiger partial charge in [0.2, 0.25) is 6.79 Å². The standard InChI is InChI=1S/C42H53NO16/c1-17-13-12-14-41(9,53)37(49)21(5)31(47)28(40(52)55-11)36(59-24(8)45)22(6)38(50)42(10,54)15-18(2)33-27-25-26(30(46)20(4)34(27)57-16-56-33)32(48)29(43-39(17)51)19(3)35(25)58-23(7)44/h12-15,21-22,28,31,36-38,47-50,53-54H,16H2,1-11H3,(H,43,51)/t21-,22-,28+,31-,36-,37+,38-,41-,42+/m1/s1. The molecule has 4 bridgehead atoms. The number of carbonyl (C=O) groups is 5. The fourth-order valence-corrected chi connectivity index (χ4v) is 7.66. The minimum atomic E-state index is -2.26. The monoisotopic (exact) mass is 827 g/mol. The molecule has 0 saturated heterocycles. The van der Waals surface area contributed by atoms with Crippen molar-refractivity contribution < 1.29 is 78.3 Å². The number of esters is 3. The Kier molecular flexibility index (Phi) is 13.7. The first-order chi connectivity index (χ1) is 27.3. The Hall–Kier alpha value is -5.33. The molecule has 1 amide bonds. The first-order valence-corrected chi connectivity index (χ1v) is 18.8. The molecule has 0 radical (unpaired) electrons. The number of benzene rings is 1. The van der Waals surface area contributed by atoms with Crippen LogP contribution >= 0.6 is 0 Å². The number of ether oxygens (including phenoxy) is 5. The van der Waals surface area contributed by atoms with Crippen LogP contribution in [0.4, 0.5) is 5.69 Å². The molecule has 17 heteroatoms. The summed E-state index contributed by atoms with van der Waals surface area (Å²) in [5.41, 5.74) is -5.03. The van der Waals surface area contributed by atoms with Crippen LogP contribution in [0.3, 0.4) is 0 Å². The lowest BCUT2D eigenvalue weighted by molar-refractivity contribution is -0.183. The number of rotatable bonds is 3. The highest BCUT2D eigenvalue weighted by atomic mass is 16.7. The fourth-order valence-electron chi connectivity index (χ4n) is 7.66. The van der Waals surface area contributed by atoms with Crippen LogP contribution in [0, 0.1) is 24.7 Å². The van der Waals surface area contributed by atoms with Crippen LogP contribution in [0.2, 0.25) is 0 Å². The smallest absolute Gasteiger partial charge is 0.315 e. The quantitative estimate of drug-likeness (QED) is 0.131. The lowest BCUT2D eigenvalue weighted by Crippen LogP contribution is -2.55. The van der Waals surface area contributed by atoms with Gasteiger partial charge < -0.3 is 59.6 Å². The largest absolute Gasteiger partial charge is 0.505 e. The molecule has 1 aromatic rings. The average molecular weight is 828 g/mol. The number of hydrogen-bond donors (Lipinski definition) is 7. The highest BCUT2D eigenvalue weighted by molar-refractivity contribution is 6.21. The zero-order valence-corrected chi connectivity index (χ0v) is 34.8. The zero-order valence-electron chi connectivity index (χ0n) is 34.8. The normalized spacial score (nSPS) is 30.7. The molecule has 3 aliphatic heterocycles. The number of ketones is 1. The second-order valence-corrected chi connectivity index (χ2v) is 15.6. The molecule has 59 heavy (non-hydrogen) atoms. The Balaban J connectivity index is 2.12. The number of carbonyl (C=O) groups excluding carboxylic acids is 5. The number of aliphatic hydroxyl groups excluding tert-OH is 3. The lowest BCUT2D eigenvalue weighted by atomic mass is 9.74. The van der Waals surface area contributed by atoms with Crippen LogP contribution in [-0.2, 0) is 38.1 Å². The second kappa shape index (κ2) is 17.5. The van der Waals surface area contributed by atoms with Gasteiger partial charge in [0, 0.05) is 48.0 Å². The van der Waals surface area contributed by atoms with Crippen molar-refractivity contribution in [2.24, 2.45) is 17.8 Å². The van der Waals surface area contributed by atoms with Gasteiger partial charge in [-0.15, -0.1) is 0 Å². The molecule has 1 aromatic carbocycles. The Labute approximate surface area is 341 Å². The van der Waals surface area contributed by atoms with E-state index in [0.29, 0.717) is 0 Å². The summed E-state index contributed by atoms with van der Waals surface area (Å²) in [5.74, 6) is -9.89. The third kappa shape index (κ3) is 8.99. The predicted octanol–water partition coefficient (Wildman–Crippen LogP) is 2.79. The molecule has 7 N–H and O–H groups in total. The Morgan fingerprint density at radius 1 is 0.864 bits per heavy atom. The van der Waals surface area contributed by atoms with E-state index in [1.165, 1.54) is 73.6 Å². The van der Waals surface area contributed by atoms with Gasteiger partial charge in [0.05, 0.1) is 42.2 Å². The summed E-state index contributed by atoms with van der Waals surface area (Å²) in [6.45, 7) is 12.5. The summed E-state index contributed by atoms with van der Waals surface area (Å²) in [6, 6.07) is 0. The van der Waals surface area contributed by atoms with E-state index in [4.69, 9.17) is 23.7 Å². The second-order valence-electron chi connectivity index (χ2n) is 15.6. The molecule has 0 aromatic heterocycles. The van der Waals surface area contributed by atoms with Gasteiger partial charge in [-0.3, -0.25) is 24.0 Å². The lowest BCUT2D eigenvalue weighted by Gasteiger charge is -2.41. The van der Waals surface area contributed by atoms with E-state index in [0.717, 1.165) is 27.0 Å². The molecule has 5 rings (SSSR count). The Morgan fingerprint density at radius 3 is 2.03 bits per heavy atom. The molecule has 0 fully saturated rings. The van der Waals surface area contributed by atoms with Gasteiger partial charge in [-0.25, -0.2) is 0 Å². The van der Waals surface area contributed by atoms with Crippen LogP contribution in [-0.4, -0.2) is 110 Å². The molecule has 3 heterocycles. The maximum absolute atomic E-state index is 14.0. The number of hydrogen-bond acceptors (Lipinski definition) is 16. The van der Waals surface area contributed by atoms with Gasteiger partial charge in [-0.1, -0.05) is 32.1 Å². The van der Waals surface area contributed by atoms with E-state index in [2.05, 4.69) is 5.32 Å². The van der Waals surface area contributed by atoms with Gasteiger partial charge in [-0.05, 0) is 53.2 Å². The van der Waals surface area contributed by atoms with Crippen LogP contribution in [0.15, 0.2) is 52.5 Å². The van der Waals surface area contributed by atoms with Crippen molar-refractivity contribution in [3.8, 4) is 11.5 Å². The molecule has 322 valence electrons. The number of aromatic hydroxyl groups is 1. The van der Waals surface area contributed by atoms with E-state index in [9.17, 15) is 54.6 Å². The van der Waals surface area contributed by atoms with Crippen molar-refractivity contribution in [2.75, 3.05) is 19.2 Å². The molecule has 0 unspecified atom stereocenters. The minimum absolute atomic E-state index is 0.00133. The number of amides is 1. The highest BCUT2D eigenvalue weighted by Gasteiger charge is 2.50. The van der Waals surface area contributed by atoms with Crippen molar-refractivity contribution in [3.05, 3.63) is 69.2 Å². The van der Waals surface area contributed by atoms with E-state index in [1.54, 1.807) is 0 Å². The van der Waals surface area contributed by atoms with Crippen molar-refractivity contribution in [1.82, 2.24) is 0 Å². The summed E-state index contributed by atoms with van der Waals surface area (Å²) in [4.78, 5) is 66.1. The highest BCUT2D eigenvalue weighted by Crippen LogP contribution is 2.53. The van der Waals surface area contributed by atoms with Crippen molar-refractivity contribution in [1.29, 1.82) is 0 Å². The van der Waals surface area contributed by atoms with Crippen LogP contribution in [0.1, 0.15) is 83.8 Å². The van der Waals surface area contributed by atoms with E-state index in [1.807, 2.05) is 0 Å². The van der Waals surface area contributed by atoms with Crippen molar-refractivity contribution in [2.45, 2.75) is 105 Å². The third-order valence-electron chi connectivity index (χ3n) is 10.9. The van der Waals surface area contributed by atoms with Crippen molar-refractivity contribution >= 4 is 40.9 Å². The third-order valence-corrected chi connectivity index (χ3v) is 10.9. The van der Waals surface area contributed by atoms with Gasteiger partial charge in [0.15, 0.2) is 11.5 Å². The number of phenols is 1. The number of allylic oxidation sites excluding steroid dienone is 5. The molecule has 17 nitrogen and oxygen atoms in total. The van der Waals surface area contributed by atoms with Crippen LogP contribution in [0.5, 0.6) is 11.5 Å². The van der Waals surface area contributed by atoms with E-state index >= 15 is 0 Å². The number of methoxy groups -OCH3 is 1. The molecule has 0 saturated carbocycles. The van der Waals surface area contributed by atoms with Gasteiger partial charge >= 0.3 is 17.9 Å². The van der Waals surface area contributed by atoms with Crippen molar-refractivity contribution in [3.63, 3.8) is 0 Å². The first kappa shape index (κ1) is 46.4.